The zero-order valence-corrected chi connectivity index (χ0v) is 11.1. The molecule has 0 amide bonds. The number of hydrogen-bond acceptors (Lipinski definition) is 4. The first-order valence-corrected chi connectivity index (χ1v) is 5.92. The fraction of sp³-hybridized carbons (Fsp3) is 0.538. The van der Waals surface area contributed by atoms with E-state index in [1.807, 2.05) is 0 Å². The molecule has 0 aliphatic carbocycles. The van der Waals surface area contributed by atoms with Gasteiger partial charge in [0.15, 0.2) is 0 Å². The van der Waals surface area contributed by atoms with Crippen molar-refractivity contribution in [3.05, 3.63) is 23.8 Å². The molecule has 19 heavy (non-hydrogen) atoms. The Morgan fingerprint density at radius 3 is 2.21 bits per heavy atom. The predicted molar refractivity (Wildman–Crippen MR) is 67.9 cm³/mol. The van der Waals surface area contributed by atoms with Crippen LogP contribution in [0.4, 0.5) is 8.78 Å². The van der Waals surface area contributed by atoms with Crippen LogP contribution in [0.3, 0.4) is 0 Å². The SMILES string of the molecule is COc1cccc(OC)c1C(N)CCOCC(F)F. The van der Waals surface area contributed by atoms with Gasteiger partial charge in [-0.05, 0) is 18.6 Å². The smallest absolute Gasteiger partial charge is 0.261 e. The lowest BCUT2D eigenvalue weighted by atomic mass is 10.0. The number of nitrogens with two attached hydrogens (primary N) is 1. The largest absolute Gasteiger partial charge is 0.496 e. The van der Waals surface area contributed by atoms with E-state index in [9.17, 15) is 8.78 Å². The maximum atomic E-state index is 11.9. The standard InChI is InChI=1S/C13H19F2NO3/c1-17-10-4-3-5-11(18-2)13(10)9(16)6-7-19-8-12(14)15/h3-5,9,12H,6-8,16H2,1-2H3. The molecule has 0 fully saturated rings. The van der Waals surface area contributed by atoms with E-state index in [1.165, 1.54) is 14.2 Å². The second kappa shape index (κ2) is 7.91. The summed E-state index contributed by atoms with van der Waals surface area (Å²) in [5.74, 6) is 1.22. The highest BCUT2D eigenvalue weighted by Crippen LogP contribution is 2.34. The number of methoxy groups -OCH3 is 2. The highest BCUT2D eigenvalue weighted by atomic mass is 19.3. The van der Waals surface area contributed by atoms with Gasteiger partial charge in [0, 0.05) is 12.6 Å². The van der Waals surface area contributed by atoms with Crippen molar-refractivity contribution in [1.29, 1.82) is 0 Å². The third kappa shape index (κ3) is 4.65. The highest BCUT2D eigenvalue weighted by Gasteiger charge is 2.17. The van der Waals surface area contributed by atoms with Crippen LogP contribution in [0.1, 0.15) is 18.0 Å². The fourth-order valence-electron chi connectivity index (χ4n) is 1.77. The van der Waals surface area contributed by atoms with Gasteiger partial charge in [0.05, 0.1) is 19.8 Å². The van der Waals surface area contributed by atoms with Gasteiger partial charge in [0.25, 0.3) is 6.43 Å². The summed E-state index contributed by atoms with van der Waals surface area (Å²) in [6, 6.07) is 4.94. The Kier molecular flexibility index (Phi) is 6.52. The molecule has 108 valence electrons. The van der Waals surface area contributed by atoms with E-state index < -0.39 is 19.1 Å². The maximum absolute atomic E-state index is 11.9. The fourth-order valence-corrected chi connectivity index (χ4v) is 1.77. The van der Waals surface area contributed by atoms with E-state index in [1.54, 1.807) is 18.2 Å². The molecule has 1 rings (SSSR count). The average molecular weight is 275 g/mol. The molecule has 0 bridgehead atoms. The maximum Gasteiger partial charge on any atom is 0.261 e. The number of alkyl halides is 2. The van der Waals surface area contributed by atoms with Gasteiger partial charge in [0.2, 0.25) is 0 Å². The first-order chi connectivity index (χ1) is 9.10. The highest BCUT2D eigenvalue weighted by molar-refractivity contribution is 5.46. The van der Waals surface area contributed by atoms with Crippen molar-refractivity contribution < 1.29 is 23.0 Å². The Morgan fingerprint density at radius 2 is 1.74 bits per heavy atom. The predicted octanol–water partition coefficient (Wildman–Crippen LogP) is 2.38. The van der Waals surface area contributed by atoms with Crippen LogP contribution in [0, 0.1) is 0 Å². The van der Waals surface area contributed by atoms with Gasteiger partial charge in [-0.25, -0.2) is 8.78 Å². The Hall–Kier alpha value is -1.40. The summed E-state index contributed by atoms with van der Waals surface area (Å²) in [4.78, 5) is 0. The molecule has 1 atom stereocenters. The number of halogens is 2. The van der Waals surface area contributed by atoms with Gasteiger partial charge >= 0.3 is 0 Å². The Labute approximate surface area is 111 Å². The minimum absolute atomic E-state index is 0.159. The molecule has 4 nitrogen and oxygen atoms in total. The molecular formula is C13H19F2NO3. The summed E-state index contributed by atoms with van der Waals surface area (Å²) in [6.45, 7) is -0.414. The normalized spacial score (nSPS) is 12.5. The molecule has 0 saturated heterocycles. The summed E-state index contributed by atoms with van der Waals surface area (Å²) < 4.78 is 39.1. The molecule has 0 aliphatic heterocycles. The van der Waals surface area contributed by atoms with E-state index >= 15 is 0 Å². The second-order valence-corrected chi connectivity index (χ2v) is 3.94. The van der Waals surface area contributed by atoms with Gasteiger partial charge in [-0.2, -0.15) is 0 Å². The molecule has 0 heterocycles. The van der Waals surface area contributed by atoms with Crippen molar-refractivity contribution in [2.45, 2.75) is 18.9 Å². The van der Waals surface area contributed by atoms with Crippen LogP contribution in [-0.2, 0) is 4.74 Å². The van der Waals surface area contributed by atoms with Crippen LogP contribution >= 0.6 is 0 Å². The molecule has 0 saturated carbocycles. The Bertz CT molecular complexity index is 366. The first kappa shape index (κ1) is 15.7. The van der Waals surface area contributed by atoms with E-state index in [-0.39, 0.29) is 6.61 Å². The molecule has 1 unspecified atom stereocenters. The van der Waals surface area contributed by atoms with Crippen molar-refractivity contribution in [2.24, 2.45) is 5.73 Å². The van der Waals surface area contributed by atoms with E-state index in [2.05, 4.69) is 0 Å². The summed E-state index contributed by atoms with van der Waals surface area (Å²) in [6.07, 6.45) is -2.05. The van der Waals surface area contributed by atoms with Gasteiger partial charge in [0.1, 0.15) is 18.1 Å². The molecule has 0 aliphatic rings. The Balaban J connectivity index is 2.67. The van der Waals surface area contributed by atoms with E-state index in [4.69, 9.17) is 19.9 Å². The molecule has 0 radical (unpaired) electrons. The van der Waals surface area contributed by atoms with Crippen molar-refractivity contribution in [3.8, 4) is 11.5 Å². The molecule has 2 N–H and O–H groups in total. The lowest BCUT2D eigenvalue weighted by Crippen LogP contribution is -2.16. The van der Waals surface area contributed by atoms with Gasteiger partial charge < -0.3 is 19.9 Å². The quantitative estimate of drug-likeness (QED) is 0.740. The minimum Gasteiger partial charge on any atom is -0.496 e. The summed E-state index contributed by atoms with van der Waals surface area (Å²) in [5.41, 5.74) is 6.75. The van der Waals surface area contributed by atoms with E-state index in [0.717, 1.165) is 0 Å². The lowest BCUT2D eigenvalue weighted by molar-refractivity contribution is 0.0151. The Morgan fingerprint density at radius 1 is 1.16 bits per heavy atom. The van der Waals surface area contributed by atoms with Crippen LogP contribution in [0.25, 0.3) is 0 Å². The van der Waals surface area contributed by atoms with Gasteiger partial charge in [-0.3, -0.25) is 0 Å². The number of rotatable bonds is 8. The molecule has 1 aromatic rings. The van der Waals surface area contributed by atoms with Gasteiger partial charge in [-0.1, -0.05) is 6.07 Å². The molecule has 1 aromatic carbocycles. The number of ether oxygens (including phenoxy) is 3. The van der Waals surface area contributed by atoms with Crippen molar-refractivity contribution in [3.63, 3.8) is 0 Å². The monoisotopic (exact) mass is 275 g/mol. The lowest BCUT2D eigenvalue weighted by Gasteiger charge is -2.18. The second-order valence-electron chi connectivity index (χ2n) is 3.94. The van der Waals surface area contributed by atoms with E-state index in [0.29, 0.717) is 23.5 Å². The van der Waals surface area contributed by atoms with Crippen molar-refractivity contribution in [2.75, 3.05) is 27.4 Å². The van der Waals surface area contributed by atoms with Gasteiger partial charge in [-0.15, -0.1) is 0 Å². The van der Waals surface area contributed by atoms with Crippen LogP contribution < -0.4 is 15.2 Å². The summed E-state index contributed by atoms with van der Waals surface area (Å²) in [7, 11) is 3.08. The zero-order chi connectivity index (χ0) is 14.3. The van der Waals surface area contributed by atoms with Crippen LogP contribution in [-0.4, -0.2) is 33.9 Å². The zero-order valence-electron chi connectivity index (χ0n) is 11.1. The molecule has 0 spiro atoms. The third-order valence-corrected chi connectivity index (χ3v) is 2.65. The van der Waals surface area contributed by atoms with Crippen LogP contribution in [0.5, 0.6) is 11.5 Å². The minimum atomic E-state index is -2.46. The average Bonchev–Trinajstić information content (AvgIpc) is 2.42. The van der Waals surface area contributed by atoms with Crippen molar-refractivity contribution >= 4 is 0 Å². The molecule has 0 aromatic heterocycles. The number of benzene rings is 1. The topological polar surface area (TPSA) is 53.7 Å². The molecular weight excluding hydrogens is 256 g/mol. The third-order valence-electron chi connectivity index (χ3n) is 2.65. The summed E-state index contributed by atoms with van der Waals surface area (Å²) in [5, 5.41) is 0. The number of hydrogen-bond donors (Lipinski definition) is 1. The molecule has 6 heteroatoms. The van der Waals surface area contributed by atoms with Crippen LogP contribution in [0.15, 0.2) is 18.2 Å². The van der Waals surface area contributed by atoms with Crippen molar-refractivity contribution in [1.82, 2.24) is 0 Å². The first-order valence-electron chi connectivity index (χ1n) is 5.92. The summed E-state index contributed by atoms with van der Waals surface area (Å²) >= 11 is 0. The van der Waals surface area contributed by atoms with Crippen LogP contribution in [0.2, 0.25) is 0 Å².